The zero-order valence-corrected chi connectivity index (χ0v) is 15.4. The van der Waals surface area contributed by atoms with Crippen molar-refractivity contribution in [2.24, 2.45) is 27.2 Å². The van der Waals surface area contributed by atoms with Crippen molar-refractivity contribution in [2.75, 3.05) is 6.54 Å². The fourth-order valence-electron chi connectivity index (χ4n) is 6.17. The molecule has 0 unspecified atom stereocenters. The molecule has 0 aromatic carbocycles. The minimum Gasteiger partial charge on any atom is -0.454 e. The summed E-state index contributed by atoms with van der Waals surface area (Å²) in [4.78, 5) is 28.9. The first-order valence-electron chi connectivity index (χ1n) is 9.61. The highest BCUT2D eigenvalue weighted by Crippen LogP contribution is 2.66. The van der Waals surface area contributed by atoms with Crippen LogP contribution in [0.1, 0.15) is 65.7 Å². The van der Waals surface area contributed by atoms with Crippen molar-refractivity contribution in [3.8, 4) is 0 Å². The molecule has 0 aromatic heterocycles. The van der Waals surface area contributed by atoms with Gasteiger partial charge in [0.2, 0.25) is 6.54 Å². The van der Waals surface area contributed by atoms with Crippen molar-refractivity contribution in [1.82, 2.24) is 0 Å². The Kier molecular flexibility index (Phi) is 3.58. The van der Waals surface area contributed by atoms with Crippen LogP contribution in [0.25, 0.3) is 0 Å². The van der Waals surface area contributed by atoms with Gasteiger partial charge in [0, 0.05) is 16.3 Å². The highest BCUT2D eigenvalue weighted by molar-refractivity contribution is 6.01. The lowest BCUT2D eigenvalue weighted by Crippen LogP contribution is -2.53. The van der Waals surface area contributed by atoms with Crippen LogP contribution in [0.5, 0.6) is 0 Å². The van der Waals surface area contributed by atoms with Crippen LogP contribution >= 0.6 is 0 Å². The van der Waals surface area contributed by atoms with Gasteiger partial charge in [-0.3, -0.25) is 15.1 Å². The van der Waals surface area contributed by atoms with Crippen molar-refractivity contribution in [3.63, 3.8) is 0 Å². The van der Waals surface area contributed by atoms with Crippen molar-refractivity contribution in [3.05, 3.63) is 10.1 Å². The van der Waals surface area contributed by atoms with Crippen LogP contribution in [0, 0.1) is 32.3 Å². The number of hydrogen-bond acceptors (Lipinski definition) is 5. The molecule has 1 aliphatic heterocycles. The second-order valence-electron chi connectivity index (χ2n) is 9.42. The second kappa shape index (κ2) is 5.27. The van der Waals surface area contributed by atoms with Gasteiger partial charge in [0.05, 0.1) is 11.1 Å². The number of ether oxygens (including phenoxy) is 1. The topological polar surface area (TPSA) is 81.8 Å². The summed E-state index contributed by atoms with van der Waals surface area (Å²) < 4.78 is 5.96. The molecule has 0 radical (unpaired) electrons. The van der Waals surface area contributed by atoms with Crippen molar-refractivity contribution < 1.29 is 14.5 Å². The number of nitro groups is 1. The predicted octanol–water partition coefficient (Wildman–Crippen LogP) is 3.40. The third-order valence-corrected chi connectivity index (χ3v) is 8.11. The van der Waals surface area contributed by atoms with E-state index in [1.165, 1.54) is 0 Å². The standard InChI is InChI=1S/C19H28N2O4/c1-17(2)12-7-10-18(17,3)15-13(12)20-14(16(22)25-15)19(11-21(23)24)8-5-4-6-9-19/h12,14-15H,4-11H2,1-3H3/t12-,14+,15-,18+/m1/s1. The molecule has 3 saturated carbocycles. The van der Waals surface area contributed by atoms with E-state index in [0.29, 0.717) is 18.8 Å². The summed E-state index contributed by atoms with van der Waals surface area (Å²) in [6.45, 7) is 6.53. The van der Waals surface area contributed by atoms with Crippen LogP contribution in [-0.2, 0) is 9.53 Å². The summed E-state index contributed by atoms with van der Waals surface area (Å²) in [5, 5.41) is 11.3. The molecule has 1 heterocycles. The number of hydrogen-bond donors (Lipinski definition) is 0. The zero-order valence-electron chi connectivity index (χ0n) is 15.4. The lowest BCUT2D eigenvalue weighted by atomic mass is 9.68. The van der Waals surface area contributed by atoms with E-state index in [-0.39, 0.29) is 34.4 Å². The summed E-state index contributed by atoms with van der Waals surface area (Å²) in [7, 11) is 0. The first-order valence-corrected chi connectivity index (χ1v) is 9.61. The molecule has 6 nitrogen and oxygen atoms in total. The van der Waals surface area contributed by atoms with Gasteiger partial charge in [-0.05, 0) is 31.1 Å². The minimum absolute atomic E-state index is 0.0501. The molecule has 3 fully saturated rings. The largest absolute Gasteiger partial charge is 0.454 e. The van der Waals surface area contributed by atoms with Crippen LogP contribution in [0.15, 0.2) is 4.99 Å². The van der Waals surface area contributed by atoms with Gasteiger partial charge in [-0.25, -0.2) is 4.79 Å². The average Bonchev–Trinajstić information content (AvgIpc) is 2.86. The molecule has 4 aliphatic rings. The number of nitrogens with zero attached hydrogens (tertiary/aromatic N) is 2. The molecule has 6 heteroatoms. The van der Waals surface area contributed by atoms with Crippen molar-refractivity contribution >= 4 is 11.7 Å². The van der Waals surface area contributed by atoms with Gasteiger partial charge < -0.3 is 4.74 Å². The average molecular weight is 348 g/mol. The second-order valence-corrected chi connectivity index (χ2v) is 9.42. The minimum atomic E-state index is -0.691. The normalized spacial score (nSPS) is 41.0. The van der Waals surface area contributed by atoms with Crippen molar-refractivity contribution in [1.29, 1.82) is 0 Å². The molecule has 0 N–H and O–H groups in total. The van der Waals surface area contributed by atoms with Gasteiger partial charge in [-0.15, -0.1) is 0 Å². The third-order valence-electron chi connectivity index (χ3n) is 8.11. The van der Waals surface area contributed by atoms with Gasteiger partial charge in [0.1, 0.15) is 6.10 Å². The Bertz CT molecular complexity index is 650. The fourth-order valence-corrected chi connectivity index (χ4v) is 6.17. The predicted molar refractivity (Wildman–Crippen MR) is 93.1 cm³/mol. The summed E-state index contributed by atoms with van der Waals surface area (Å²) in [5.74, 6) is -0.00331. The number of esters is 1. The smallest absolute Gasteiger partial charge is 0.332 e. The van der Waals surface area contributed by atoms with E-state index < -0.39 is 11.5 Å². The molecule has 4 rings (SSSR count). The first kappa shape index (κ1) is 17.0. The third kappa shape index (κ3) is 2.15. The van der Waals surface area contributed by atoms with Crippen LogP contribution in [0.4, 0.5) is 0 Å². The highest BCUT2D eigenvalue weighted by Gasteiger charge is 2.68. The quantitative estimate of drug-likeness (QED) is 0.445. The summed E-state index contributed by atoms with van der Waals surface area (Å²) in [6, 6.07) is -0.691. The van der Waals surface area contributed by atoms with E-state index in [0.717, 1.165) is 37.8 Å². The lowest BCUT2D eigenvalue weighted by Gasteiger charge is -2.43. The summed E-state index contributed by atoms with van der Waals surface area (Å²) >= 11 is 0. The molecule has 3 aliphatic carbocycles. The Hall–Kier alpha value is -1.46. The van der Waals surface area contributed by atoms with E-state index in [1.807, 2.05) is 0 Å². The number of aliphatic imine (C=N–C) groups is 1. The fraction of sp³-hybridized carbons (Fsp3) is 0.895. The van der Waals surface area contributed by atoms with Crippen LogP contribution in [0.3, 0.4) is 0 Å². The van der Waals surface area contributed by atoms with Crippen LogP contribution < -0.4 is 0 Å². The SMILES string of the molecule is CC1(C)[C@@H]2CC[C@@]1(C)[C@@H]1OC(=O)[C@@H](C3(C[N+](=O)[O-])CCCCC3)N=C21. The molecule has 4 atom stereocenters. The van der Waals surface area contributed by atoms with E-state index in [2.05, 4.69) is 20.8 Å². The maximum absolute atomic E-state index is 12.9. The van der Waals surface area contributed by atoms with E-state index in [9.17, 15) is 14.9 Å². The Balaban J connectivity index is 1.75. The Morgan fingerprint density at radius 2 is 1.88 bits per heavy atom. The molecule has 0 aromatic rings. The van der Waals surface area contributed by atoms with Gasteiger partial charge >= 0.3 is 5.97 Å². The number of rotatable bonds is 3. The molecular formula is C19H28N2O4. The van der Waals surface area contributed by atoms with Crippen molar-refractivity contribution in [2.45, 2.75) is 77.9 Å². The number of carbonyl (C=O) groups excluding carboxylic acids is 1. The van der Waals surface area contributed by atoms with Crippen LogP contribution in [0.2, 0.25) is 0 Å². The highest BCUT2D eigenvalue weighted by atomic mass is 16.6. The monoisotopic (exact) mass is 348 g/mol. The summed E-state index contributed by atoms with van der Waals surface area (Å²) in [5.41, 5.74) is 0.328. The Labute approximate surface area is 148 Å². The molecule has 138 valence electrons. The Morgan fingerprint density at radius 1 is 1.20 bits per heavy atom. The molecular weight excluding hydrogens is 320 g/mol. The lowest BCUT2D eigenvalue weighted by molar-refractivity contribution is -0.499. The van der Waals surface area contributed by atoms with Gasteiger partial charge in [-0.2, -0.15) is 0 Å². The van der Waals surface area contributed by atoms with E-state index in [1.54, 1.807) is 0 Å². The van der Waals surface area contributed by atoms with E-state index >= 15 is 0 Å². The van der Waals surface area contributed by atoms with Gasteiger partial charge in [0.15, 0.2) is 6.04 Å². The van der Waals surface area contributed by atoms with E-state index in [4.69, 9.17) is 9.73 Å². The molecule has 2 bridgehead atoms. The van der Waals surface area contributed by atoms with Gasteiger partial charge in [0.25, 0.3) is 0 Å². The number of carbonyl (C=O) groups is 1. The summed E-state index contributed by atoms with van der Waals surface area (Å²) in [6.07, 6.45) is 6.21. The molecule has 0 amide bonds. The number of fused-ring (bicyclic) bond motifs is 5. The molecule has 0 spiro atoms. The van der Waals surface area contributed by atoms with Gasteiger partial charge in [-0.1, -0.05) is 40.0 Å². The maximum Gasteiger partial charge on any atom is 0.332 e. The van der Waals surface area contributed by atoms with Crippen LogP contribution in [-0.4, -0.2) is 35.3 Å². The molecule has 25 heavy (non-hydrogen) atoms. The maximum atomic E-state index is 12.9. The molecule has 0 saturated heterocycles. The first-order chi connectivity index (χ1) is 11.7. The Morgan fingerprint density at radius 3 is 2.52 bits per heavy atom. The zero-order chi connectivity index (χ0) is 18.0.